The molecule has 1 aliphatic carbocycles. The lowest BCUT2D eigenvalue weighted by Gasteiger charge is -2.24. The van der Waals surface area contributed by atoms with Gasteiger partial charge in [-0.2, -0.15) is 0 Å². The van der Waals surface area contributed by atoms with Crippen molar-refractivity contribution < 1.29 is 10.2 Å². The maximum atomic E-state index is 9.47. The Kier molecular flexibility index (Phi) is 5.89. The predicted molar refractivity (Wildman–Crippen MR) is 67.9 cm³/mol. The van der Waals surface area contributed by atoms with Crippen LogP contribution in [0.15, 0.2) is 17.9 Å². The Morgan fingerprint density at radius 1 is 1.47 bits per heavy atom. The van der Waals surface area contributed by atoms with Crippen LogP contribution in [-0.4, -0.2) is 29.7 Å². The van der Waals surface area contributed by atoms with E-state index in [2.05, 4.69) is 18.0 Å². The zero-order valence-corrected chi connectivity index (χ0v) is 10.6. The van der Waals surface area contributed by atoms with Crippen molar-refractivity contribution in [1.82, 2.24) is 5.32 Å². The van der Waals surface area contributed by atoms with Crippen molar-refractivity contribution >= 4 is 0 Å². The highest BCUT2D eigenvalue weighted by Crippen LogP contribution is 2.29. The van der Waals surface area contributed by atoms with E-state index < -0.39 is 12.5 Å². The summed E-state index contributed by atoms with van der Waals surface area (Å²) in [5.41, 5.74) is 8.62. The molecule has 0 saturated heterocycles. The van der Waals surface area contributed by atoms with E-state index in [0.29, 0.717) is 11.8 Å². The molecule has 0 radical (unpaired) electrons. The SMILES string of the molecule is CNC(O)CC[C@H]1C=C=C[C@@H](C(N)O)C[C@H]1C. The second kappa shape index (κ2) is 6.94. The number of rotatable bonds is 5. The van der Waals surface area contributed by atoms with Gasteiger partial charge in [0, 0.05) is 5.92 Å². The van der Waals surface area contributed by atoms with Gasteiger partial charge in [0.2, 0.25) is 0 Å². The fraction of sp³-hybridized carbons (Fsp3) is 0.769. The van der Waals surface area contributed by atoms with Crippen molar-refractivity contribution in [2.24, 2.45) is 23.5 Å². The molecule has 0 heterocycles. The van der Waals surface area contributed by atoms with Crippen molar-refractivity contribution in [2.75, 3.05) is 7.05 Å². The Hall–Kier alpha value is -0.640. The Balaban J connectivity index is 2.51. The molecular formula is C13H24N2O2. The Morgan fingerprint density at radius 3 is 2.76 bits per heavy atom. The molecule has 0 aliphatic heterocycles. The summed E-state index contributed by atoms with van der Waals surface area (Å²) in [4.78, 5) is 0. The van der Waals surface area contributed by atoms with Gasteiger partial charge in [-0.1, -0.05) is 6.92 Å². The highest BCUT2D eigenvalue weighted by molar-refractivity contribution is 5.00. The summed E-state index contributed by atoms with van der Waals surface area (Å²) >= 11 is 0. The molecule has 0 bridgehead atoms. The Labute approximate surface area is 103 Å². The van der Waals surface area contributed by atoms with E-state index in [1.54, 1.807) is 7.05 Å². The molecule has 5 N–H and O–H groups in total. The summed E-state index contributed by atoms with van der Waals surface area (Å²) < 4.78 is 0. The van der Waals surface area contributed by atoms with Crippen LogP contribution in [0.1, 0.15) is 26.2 Å². The van der Waals surface area contributed by atoms with Gasteiger partial charge < -0.3 is 15.9 Å². The first kappa shape index (κ1) is 14.4. The van der Waals surface area contributed by atoms with E-state index >= 15 is 0 Å². The smallest absolute Gasteiger partial charge is 0.109 e. The molecule has 98 valence electrons. The van der Waals surface area contributed by atoms with Crippen LogP contribution in [0.3, 0.4) is 0 Å². The van der Waals surface area contributed by atoms with Crippen molar-refractivity contribution in [3.05, 3.63) is 17.9 Å². The molecular weight excluding hydrogens is 216 g/mol. The van der Waals surface area contributed by atoms with Gasteiger partial charge in [-0.05, 0) is 50.3 Å². The van der Waals surface area contributed by atoms with Gasteiger partial charge in [0.05, 0.1) is 0 Å². The van der Waals surface area contributed by atoms with Gasteiger partial charge in [-0.15, -0.1) is 5.73 Å². The van der Waals surface area contributed by atoms with Crippen LogP contribution in [0.4, 0.5) is 0 Å². The van der Waals surface area contributed by atoms with Crippen LogP contribution in [-0.2, 0) is 0 Å². The number of hydrogen-bond donors (Lipinski definition) is 4. The van der Waals surface area contributed by atoms with Crippen LogP contribution >= 0.6 is 0 Å². The van der Waals surface area contributed by atoms with Crippen LogP contribution in [0, 0.1) is 17.8 Å². The lowest BCUT2D eigenvalue weighted by atomic mass is 9.84. The molecule has 5 atom stereocenters. The zero-order chi connectivity index (χ0) is 12.8. The van der Waals surface area contributed by atoms with E-state index in [1.165, 1.54) is 0 Å². The average molecular weight is 240 g/mol. The van der Waals surface area contributed by atoms with Crippen molar-refractivity contribution in [1.29, 1.82) is 0 Å². The molecule has 0 aromatic heterocycles. The maximum Gasteiger partial charge on any atom is 0.109 e. The number of aliphatic hydroxyl groups excluding tert-OH is 2. The Morgan fingerprint density at radius 2 is 2.18 bits per heavy atom. The third-order valence-electron chi connectivity index (χ3n) is 3.54. The summed E-state index contributed by atoms with van der Waals surface area (Å²) in [5, 5.41) is 21.7. The number of nitrogens with one attached hydrogen (secondary N) is 1. The van der Waals surface area contributed by atoms with Crippen LogP contribution in [0.25, 0.3) is 0 Å². The molecule has 17 heavy (non-hydrogen) atoms. The second-order valence-electron chi connectivity index (χ2n) is 4.91. The largest absolute Gasteiger partial charge is 0.379 e. The van der Waals surface area contributed by atoms with Crippen LogP contribution < -0.4 is 11.1 Å². The molecule has 1 rings (SSSR count). The van der Waals surface area contributed by atoms with Crippen molar-refractivity contribution in [2.45, 2.75) is 38.6 Å². The molecule has 1 aliphatic rings. The van der Waals surface area contributed by atoms with E-state index in [0.717, 1.165) is 19.3 Å². The molecule has 4 heteroatoms. The normalized spacial score (nSPS) is 32.2. The van der Waals surface area contributed by atoms with Crippen molar-refractivity contribution in [3.8, 4) is 0 Å². The van der Waals surface area contributed by atoms with E-state index in [-0.39, 0.29) is 5.92 Å². The Bertz CT molecular complexity index is 285. The highest BCUT2D eigenvalue weighted by atomic mass is 16.3. The van der Waals surface area contributed by atoms with E-state index in [9.17, 15) is 10.2 Å². The summed E-state index contributed by atoms with van der Waals surface area (Å²) in [6, 6.07) is 0. The van der Waals surface area contributed by atoms with Gasteiger partial charge in [0.1, 0.15) is 12.5 Å². The molecule has 4 nitrogen and oxygen atoms in total. The molecule has 0 fully saturated rings. The average Bonchev–Trinajstić information content (AvgIpc) is 2.48. The molecule has 2 unspecified atom stereocenters. The van der Waals surface area contributed by atoms with Gasteiger partial charge in [-0.25, -0.2) is 0 Å². The van der Waals surface area contributed by atoms with Gasteiger partial charge in [0.15, 0.2) is 0 Å². The van der Waals surface area contributed by atoms with Gasteiger partial charge in [-0.3, -0.25) is 5.32 Å². The van der Waals surface area contributed by atoms with Crippen molar-refractivity contribution in [3.63, 3.8) is 0 Å². The molecule has 0 saturated carbocycles. The van der Waals surface area contributed by atoms with E-state index in [1.807, 2.05) is 12.2 Å². The topological polar surface area (TPSA) is 78.5 Å². The fourth-order valence-electron chi connectivity index (χ4n) is 2.24. The third kappa shape index (κ3) is 4.62. The standard InChI is InChI=1S/C13H24N2O2/c1-9-8-11(13(14)17)5-3-4-10(9)6-7-12(16)15-2/h4-5,9-13,15-17H,6-8,14H2,1-2H3/t9-,10-,11-,12?,13?/m1/s1. The lowest BCUT2D eigenvalue weighted by molar-refractivity contribution is 0.111. The number of nitrogens with two attached hydrogens (primary N) is 1. The maximum absolute atomic E-state index is 9.47. The fourth-order valence-corrected chi connectivity index (χ4v) is 2.24. The first-order chi connectivity index (χ1) is 8.04. The molecule has 0 amide bonds. The van der Waals surface area contributed by atoms with Crippen LogP contribution in [0.5, 0.6) is 0 Å². The summed E-state index contributed by atoms with van der Waals surface area (Å²) in [6.07, 6.45) is 5.14. The second-order valence-corrected chi connectivity index (χ2v) is 4.91. The van der Waals surface area contributed by atoms with Gasteiger partial charge in [0.25, 0.3) is 0 Å². The van der Waals surface area contributed by atoms with E-state index in [4.69, 9.17) is 5.73 Å². The lowest BCUT2D eigenvalue weighted by Crippen LogP contribution is -2.30. The minimum absolute atomic E-state index is 0.0135. The predicted octanol–water partition coefficient (Wildman–Crippen LogP) is 0.565. The third-order valence-corrected chi connectivity index (χ3v) is 3.54. The highest BCUT2D eigenvalue weighted by Gasteiger charge is 2.23. The quantitative estimate of drug-likeness (QED) is 0.418. The molecule has 0 spiro atoms. The summed E-state index contributed by atoms with van der Waals surface area (Å²) in [6.45, 7) is 2.16. The molecule has 0 aromatic carbocycles. The van der Waals surface area contributed by atoms with Crippen LogP contribution in [0.2, 0.25) is 0 Å². The summed E-state index contributed by atoms with van der Waals surface area (Å²) in [5.74, 6) is 0.812. The van der Waals surface area contributed by atoms with Gasteiger partial charge >= 0.3 is 0 Å². The first-order valence-corrected chi connectivity index (χ1v) is 6.26. The zero-order valence-electron chi connectivity index (χ0n) is 10.6. The monoisotopic (exact) mass is 240 g/mol. The minimum Gasteiger partial charge on any atom is -0.379 e. The molecule has 0 aromatic rings. The summed E-state index contributed by atoms with van der Waals surface area (Å²) in [7, 11) is 1.75. The first-order valence-electron chi connectivity index (χ1n) is 6.26. The number of aliphatic hydroxyl groups is 2. The number of hydrogen-bond acceptors (Lipinski definition) is 4. The minimum atomic E-state index is -0.806.